The van der Waals surface area contributed by atoms with E-state index in [0.717, 1.165) is 66.9 Å². The Labute approximate surface area is 328 Å². The van der Waals surface area contributed by atoms with Gasteiger partial charge in [-0.3, -0.25) is 0 Å². The third kappa shape index (κ3) is 5.53. The van der Waals surface area contributed by atoms with Gasteiger partial charge in [-0.15, -0.1) is 0 Å². The first-order chi connectivity index (χ1) is 28.3. The number of hydrogen-bond donors (Lipinski definition) is 0. The third-order valence-corrected chi connectivity index (χ3v) is 10.4. The molecule has 0 radical (unpaired) electrons. The second-order valence-electron chi connectivity index (χ2n) is 13.7. The van der Waals surface area contributed by atoms with Crippen LogP contribution in [0.4, 0.5) is 13.2 Å². The zero-order valence-corrected chi connectivity index (χ0v) is 30.1. The lowest BCUT2D eigenvalue weighted by molar-refractivity contribution is -0.137. The second-order valence-corrected chi connectivity index (χ2v) is 13.7. The maximum atomic E-state index is 14.3. The molecule has 6 aromatic carbocycles. The van der Waals surface area contributed by atoms with Gasteiger partial charge in [-0.25, -0.2) is 19.9 Å². The summed E-state index contributed by atoms with van der Waals surface area (Å²) in [6.07, 6.45) is 1.98. The zero-order valence-electron chi connectivity index (χ0n) is 30.1. The smallest absolute Gasteiger partial charge is 0.307 e. The average Bonchev–Trinajstić information content (AvgIpc) is 3.78. The van der Waals surface area contributed by atoms with Crippen molar-refractivity contribution in [3.05, 3.63) is 169 Å². The fourth-order valence-corrected chi connectivity index (χ4v) is 7.91. The van der Waals surface area contributed by atoms with Crippen LogP contribution < -0.4 is 0 Å². The van der Waals surface area contributed by atoms with Gasteiger partial charge >= 0.3 is 6.18 Å². The fourth-order valence-electron chi connectivity index (χ4n) is 7.91. The van der Waals surface area contributed by atoms with Gasteiger partial charge in [0.2, 0.25) is 0 Å². The number of rotatable bonds is 5. The zero-order chi connectivity index (χ0) is 39.5. The quantitative estimate of drug-likeness (QED) is 0.173. The molecule has 0 saturated heterocycles. The summed E-state index contributed by atoms with van der Waals surface area (Å²) in [6, 6.07) is 42.2. The fraction of sp³-hybridized carbons (Fsp3) is 0.0213. The standard InChI is InChI=1S/C47H25F3N8/c48-47(49,50)33-20-28(26-51)19-31(21-33)38-25-44(58-40-10-4-2-8-35(40)37-14-12-30(23-42(37)58)46-55-17-6-18-56-46)43(24-32(38)27-52)57-39-9-3-1-7-34(39)36-13-11-29(22-41(36)57)45-53-15-5-16-54-45/h1-25H. The Morgan fingerprint density at radius 2 is 0.966 bits per heavy atom. The van der Waals surface area contributed by atoms with E-state index in [1.807, 2.05) is 91.0 Å². The summed E-state index contributed by atoms with van der Waals surface area (Å²) in [5.41, 5.74) is 5.21. The first-order valence-electron chi connectivity index (χ1n) is 18.1. The molecule has 0 bridgehead atoms. The van der Waals surface area contributed by atoms with Crippen molar-refractivity contribution in [3.8, 4) is 57.4 Å². The Bertz CT molecular complexity index is 3360. The Morgan fingerprint density at radius 3 is 1.47 bits per heavy atom. The van der Waals surface area contributed by atoms with Crippen molar-refractivity contribution >= 4 is 43.6 Å². The first kappa shape index (κ1) is 34.3. The Balaban J connectivity index is 1.37. The highest BCUT2D eigenvalue weighted by atomic mass is 19.4. The number of fused-ring (bicyclic) bond motifs is 6. The molecule has 0 aliphatic rings. The second kappa shape index (κ2) is 13.3. The molecule has 0 amide bonds. The number of alkyl halides is 3. The molecule has 0 saturated carbocycles. The summed E-state index contributed by atoms with van der Waals surface area (Å²) in [7, 11) is 0. The molecule has 0 unspecified atom stereocenters. The van der Waals surface area contributed by atoms with Crippen LogP contribution in [0.2, 0.25) is 0 Å². The summed E-state index contributed by atoms with van der Waals surface area (Å²) in [5, 5.41) is 24.4. The molecule has 0 spiro atoms. The molecular formula is C47H25F3N8. The molecule has 10 aromatic rings. The number of halogens is 3. The highest BCUT2D eigenvalue weighted by Crippen LogP contribution is 2.43. The van der Waals surface area contributed by atoms with Gasteiger partial charge in [0.25, 0.3) is 0 Å². The van der Waals surface area contributed by atoms with Crippen LogP contribution in [0.15, 0.2) is 152 Å². The van der Waals surface area contributed by atoms with Crippen LogP contribution in [0.3, 0.4) is 0 Å². The van der Waals surface area contributed by atoms with Crippen LogP contribution in [0.25, 0.3) is 88.9 Å². The molecule has 0 N–H and O–H groups in total. The largest absolute Gasteiger partial charge is 0.416 e. The number of hydrogen-bond acceptors (Lipinski definition) is 6. The maximum Gasteiger partial charge on any atom is 0.416 e. The van der Waals surface area contributed by atoms with Gasteiger partial charge in [0.05, 0.1) is 62.3 Å². The van der Waals surface area contributed by atoms with E-state index in [1.54, 1.807) is 49.1 Å². The molecule has 4 heterocycles. The number of nitriles is 2. The van der Waals surface area contributed by atoms with E-state index in [4.69, 9.17) is 0 Å². The van der Waals surface area contributed by atoms with Gasteiger partial charge in [0.15, 0.2) is 11.6 Å². The predicted octanol–water partition coefficient (Wildman–Crippen LogP) is 11.2. The van der Waals surface area contributed by atoms with Crippen molar-refractivity contribution in [2.75, 3.05) is 0 Å². The summed E-state index contributed by atoms with van der Waals surface area (Å²) in [6.45, 7) is 0. The number of aromatic nitrogens is 6. The monoisotopic (exact) mass is 758 g/mol. The summed E-state index contributed by atoms with van der Waals surface area (Å²) < 4.78 is 47.1. The van der Waals surface area contributed by atoms with Crippen LogP contribution in [0.1, 0.15) is 16.7 Å². The molecule has 0 aliphatic heterocycles. The molecule has 8 nitrogen and oxygen atoms in total. The van der Waals surface area contributed by atoms with Crippen molar-refractivity contribution in [3.63, 3.8) is 0 Å². The molecule has 10 rings (SSSR count). The van der Waals surface area contributed by atoms with Crippen molar-refractivity contribution in [1.82, 2.24) is 29.1 Å². The van der Waals surface area contributed by atoms with Gasteiger partial charge in [0, 0.05) is 63.0 Å². The van der Waals surface area contributed by atoms with E-state index >= 15 is 0 Å². The van der Waals surface area contributed by atoms with Gasteiger partial charge in [0.1, 0.15) is 0 Å². The number of benzene rings is 6. The van der Waals surface area contributed by atoms with Gasteiger partial charge in [-0.2, -0.15) is 23.7 Å². The summed E-state index contributed by atoms with van der Waals surface area (Å²) in [5.74, 6) is 1.05. The molecule has 0 fully saturated rings. The highest BCUT2D eigenvalue weighted by Gasteiger charge is 2.32. The van der Waals surface area contributed by atoms with E-state index in [-0.39, 0.29) is 22.3 Å². The van der Waals surface area contributed by atoms with Gasteiger partial charge < -0.3 is 9.13 Å². The van der Waals surface area contributed by atoms with E-state index in [1.165, 1.54) is 6.07 Å². The Hall–Kier alpha value is -8.15. The molecule has 4 aromatic heterocycles. The van der Waals surface area contributed by atoms with E-state index in [0.29, 0.717) is 23.0 Å². The van der Waals surface area contributed by atoms with E-state index < -0.39 is 11.7 Å². The van der Waals surface area contributed by atoms with E-state index in [9.17, 15) is 23.7 Å². The van der Waals surface area contributed by atoms with Gasteiger partial charge in [-0.1, -0.05) is 60.7 Å². The Kier molecular flexibility index (Phi) is 7.85. The highest BCUT2D eigenvalue weighted by molar-refractivity contribution is 6.12. The van der Waals surface area contributed by atoms with Crippen molar-refractivity contribution in [2.45, 2.75) is 6.18 Å². The van der Waals surface area contributed by atoms with Gasteiger partial charge in [-0.05, 0) is 72.3 Å². The molecular weight excluding hydrogens is 734 g/mol. The predicted molar refractivity (Wildman–Crippen MR) is 217 cm³/mol. The lowest BCUT2D eigenvalue weighted by atomic mass is 9.95. The van der Waals surface area contributed by atoms with E-state index in [2.05, 4.69) is 35.1 Å². The molecule has 0 aliphatic carbocycles. The minimum atomic E-state index is -4.73. The molecule has 0 atom stereocenters. The molecule has 58 heavy (non-hydrogen) atoms. The topological polar surface area (TPSA) is 109 Å². The molecule has 274 valence electrons. The van der Waals surface area contributed by atoms with Crippen LogP contribution in [-0.2, 0) is 6.18 Å². The van der Waals surface area contributed by atoms with Crippen molar-refractivity contribution in [1.29, 1.82) is 10.5 Å². The lowest BCUT2D eigenvalue weighted by Gasteiger charge is -2.20. The third-order valence-electron chi connectivity index (χ3n) is 10.4. The number of nitrogens with zero attached hydrogens (tertiary/aromatic N) is 8. The molecule has 11 heteroatoms. The van der Waals surface area contributed by atoms with Crippen molar-refractivity contribution < 1.29 is 13.2 Å². The maximum absolute atomic E-state index is 14.3. The SMILES string of the molecule is N#Cc1cc(-c2cc(-n3c4ccccc4c4ccc(-c5ncccn5)cc43)c(-n3c4ccccc4c4ccc(-c5ncccn5)cc43)cc2C#N)cc(C(F)(F)F)c1. The minimum Gasteiger partial charge on any atom is -0.307 e. The normalized spacial score (nSPS) is 11.7. The summed E-state index contributed by atoms with van der Waals surface area (Å²) in [4.78, 5) is 18.0. The first-order valence-corrected chi connectivity index (χ1v) is 18.1. The average molecular weight is 759 g/mol. The lowest BCUT2D eigenvalue weighted by Crippen LogP contribution is -2.07. The minimum absolute atomic E-state index is 0.0839. The van der Waals surface area contributed by atoms with Crippen LogP contribution in [-0.4, -0.2) is 29.1 Å². The summed E-state index contributed by atoms with van der Waals surface area (Å²) >= 11 is 0. The van der Waals surface area contributed by atoms with Crippen LogP contribution >= 0.6 is 0 Å². The Morgan fingerprint density at radius 1 is 0.466 bits per heavy atom. The van der Waals surface area contributed by atoms with Crippen molar-refractivity contribution in [2.24, 2.45) is 0 Å². The van der Waals surface area contributed by atoms with Crippen LogP contribution in [0, 0.1) is 22.7 Å². The van der Waals surface area contributed by atoms with Crippen LogP contribution in [0.5, 0.6) is 0 Å². The number of para-hydroxylation sites is 2.